The molecule has 1 aliphatic rings. The Bertz CT molecular complexity index is 949. The largest absolute Gasteiger partial charge is 0.494 e. The topological polar surface area (TPSA) is 96.9 Å². The van der Waals surface area contributed by atoms with Gasteiger partial charge in [0.1, 0.15) is 5.69 Å². The predicted octanol–water partition coefficient (Wildman–Crippen LogP) is 1.33. The lowest BCUT2D eigenvalue weighted by molar-refractivity contribution is 0.122. The molecule has 0 spiro atoms. The molecular weight excluding hydrogens is 389 g/mol. The van der Waals surface area contributed by atoms with Crippen LogP contribution in [0.2, 0.25) is 0 Å². The number of nitrogens with zero attached hydrogens (tertiary/aromatic N) is 4. The van der Waals surface area contributed by atoms with Gasteiger partial charge in [-0.25, -0.2) is 17.8 Å². The molecule has 1 aromatic carbocycles. The summed E-state index contributed by atoms with van der Waals surface area (Å²) >= 11 is 0. The fourth-order valence-corrected chi connectivity index (χ4v) is 3.77. The van der Waals surface area contributed by atoms with Crippen molar-refractivity contribution in [1.82, 2.24) is 9.97 Å². The number of rotatable bonds is 6. The summed E-state index contributed by atoms with van der Waals surface area (Å²) in [5.74, 6) is 0.0859. The molecule has 11 heteroatoms. The Morgan fingerprint density at radius 2 is 2.00 bits per heavy atom. The van der Waals surface area contributed by atoms with Gasteiger partial charge >= 0.3 is 0 Å². The zero-order valence-corrected chi connectivity index (χ0v) is 16.7. The number of morpholine rings is 1. The molecule has 9 nitrogen and oxygen atoms in total. The van der Waals surface area contributed by atoms with Crippen LogP contribution < -0.4 is 19.3 Å². The highest BCUT2D eigenvalue weighted by atomic mass is 32.2. The first-order valence-electron chi connectivity index (χ1n) is 8.55. The van der Waals surface area contributed by atoms with Crippen molar-refractivity contribution >= 4 is 27.5 Å². The molecule has 0 atom stereocenters. The highest BCUT2D eigenvalue weighted by molar-refractivity contribution is 7.92. The molecule has 0 bridgehead atoms. The van der Waals surface area contributed by atoms with Crippen LogP contribution in [0.25, 0.3) is 0 Å². The average Bonchev–Trinajstić information content (AvgIpc) is 2.68. The summed E-state index contributed by atoms with van der Waals surface area (Å²) in [4.78, 5) is 12.2. The van der Waals surface area contributed by atoms with E-state index in [0.717, 1.165) is 6.07 Å². The van der Waals surface area contributed by atoms with Crippen LogP contribution in [0, 0.1) is 5.82 Å². The summed E-state index contributed by atoms with van der Waals surface area (Å²) in [6.07, 6.45) is 1.41. The van der Waals surface area contributed by atoms with Crippen LogP contribution in [0.5, 0.6) is 5.75 Å². The van der Waals surface area contributed by atoms with Crippen molar-refractivity contribution in [3.63, 3.8) is 0 Å². The lowest BCUT2D eigenvalue weighted by atomic mass is 10.3. The Labute approximate surface area is 163 Å². The van der Waals surface area contributed by atoms with E-state index in [1.54, 1.807) is 19.0 Å². The SMILES string of the molecule is COc1ccc(S(=O)(=O)Nc2cnc(N3CCOCC3)nc2N(C)C)cc1F. The van der Waals surface area contributed by atoms with Crippen LogP contribution >= 0.6 is 0 Å². The van der Waals surface area contributed by atoms with E-state index in [-0.39, 0.29) is 16.3 Å². The van der Waals surface area contributed by atoms with Gasteiger partial charge in [-0.15, -0.1) is 0 Å². The van der Waals surface area contributed by atoms with Gasteiger partial charge in [-0.1, -0.05) is 0 Å². The van der Waals surface area contributed by atoms with Gasteiger partial charge in [0.2, 0.25) is 5.95 Å². The molecule has 1 aliphatic heterocycles. The summed E-state index contributed by atoms with van der Waals surface area (Å²) in [7, 11) is 0.759. The Morgan fingerprint density at radius 3 is 2.61 bits per heavy atom. The van der Waals surface area contributed by atoms with Crippen molar-refractivity contribution in [1.29, 1.82) is 0 Å². The standard InChI is InChI=1S/C17H22FN5O4S/c1-22(2)16-14(11-19-17(20-16)23-6-8-27-9-7-23)21-28(24,25)12-4-5-15(26-3)13(18)10-12/h4-5,10-11,21H,6-9H2,1-3H3. The number of aromatic nitrogens is 2. The predicted molar refractivity (Wildman–Crippen MR) is 103 cm³/mol. The lowest BCUT2D eigenvalue weighted by Crippen LogP contribution is -2.37. The Balaban J connectivity index is 1.91. The van der Waals surface area contributed by atoms with Gasteiger partial charge < -0.3 is 19.3 Å². The van der Waals surface area contributed by atoms with E-state index in [1.807, 2.05) is 4.90 Å². The van der Waals surface area contributed by atoms with Crippen molar-refractivity contribution < 1.29 is 22.3 Å². The number of sulfonamides is 1. The molecular formula is C17H22FN5O4S. The first-order valence-corrected chi connectivity index (χ1v) is 10.0. The van der Waals surface area contributed by atoms with Gasteiger partial charge in [0, 0.05) is 27.2 Å². The molecule has 1 fully saturated rings. The van der Waals surface area contributed by atoms with Crippen molar-refractivity contribution in [2.24, 2.45) is 0 Å². The fraction of sp³-hybridized carbons (Fsp3) is 0.412. The minimum Gasteiger partial charge on any atom is -0.494 e. The van der Waals surface area contributed by atoms with E-state index < -0.39 is 15.8 Å². The summed E-state index contributed by atoms with van der Waals surface area (Å²) in [5, 5.41) is 0. The van der Waals surface area contributed by atoms with E-state index in [1.165, 1.54) is 25.4 Å². The highest BCUT2D eigenvalue weighted by Gasteiger charge is 2.22. The van der Waals surface area contributed by atoms with Crippen molar-refractivity contribution in [2.45, 2.75) is 4.90 Å². The molecule has 0 amide bonds. The molecule has 152 valence electrons. The second-order valence-electron chi connectivity index (χ2n) is 6.30. The van der Waals surface area contributed by atoms with Crippen molar-refractivity contribution in [3.8, 4) is 5.75 Å². The Hall–Kier alpha value is -2.66. The Kier molecular flexibility index (Phi) is 5.84. The third-order valence-corrected chi connectivity index (χ3v) is 5.51. The minimum absolute atomic E-state index is 0.0360. The molecule has 2 heterocycles. The number of hydrogen-bond donors (Lipinski definition) is 1. The summed E-state index contributed by atoms with van der Waals surface area (Å²) < 4.78 is 51.9. The average molecular weight is 411 g/mol. The molecule has 1 saturated heterocycles. The summed E-state index contributed by atoms with van der Waals surface area (Å²) in [6, 6.07) is 3.43. The van der Waals surface area contributed by atoms with E-state index in [2.05, 4.69) is 14.7 Å². The van der Waals surface area contributed by atoms with Crippen molar-refractivity contribution in [2.75, 3.05) is 62.0 Å². The highest BCUT2D eigenvalue weighted by Crippen LogP contribution is 2.28. The van der Waals surface area contributed by atoms with E-state index >= 15 is 0 Å². The second kappa shape index (κ2) is 8.15. The molecule has 28 heavy (non-hydrogen) atoms. The molecule has 3 rings (SSSR count). The molecule has 1 aromatic heterocycles. The van der Waals surface area contributed by atoms with E-state index in [9.17, 15) is 12.8 Å². The van der Waals surface area contributed by atoms with Gasteiger partial charge in [-0.05, 0) is 18.2 Å². The number of halogens is 1. The minimum atomic E-state index is -4.04. The number of anilines is 3. The molecule has 0 aliphatic carbocycles. The number of methoxy groups -OCH3 is 1. The van der Waals surface area contributed by atoms with Crippen LogP contribution in [0.4, 0.5) is 21.8 Å². The monoisotopic (exact) mass is 411 g/mol. The molecule has 0 unspecified atom stereocenters. The quantitative estimate of drug-likeness (QED) is 0.760. The Morgan fingerprint density at radius 1 is 1.29 bits per heavy atom. The maximum absolute atomic E-state index is 13.9. The van der Waals surface area contributed by atoms with Gasteiger partial charge in [-0.2, -0.15) is 4.98 Å². The van der Waals surface area contributed by atoms with E-state index in [4.69, 9.17) is 9.47 Å². The van der Waals surface area contributed by atoms with Crippen LogP contribution in [0.1, 0.15) is 0 Å². The zero-order chi connectivity index (χ0) is 20.3. The smallest absolute Gasteiger partial charge is 0.262 e. The van der Waals surface area contributed by atoms with Crippen LogP contribution in [0.3, 0.4) is 0 Å². The fourth-order valence-electron chi connectivity index (χ4n) is 2.71. The lowest BCUT2D eigenvalue weighted by Gasteiger charge is -2.28. The third kappa shape index (κ3) is 4.25. The molecule has 0 radical (unpaired) electrons. The number of ether oxygens (including phenoxy) is 2. The number of hydrogen-bond acceptors (Lipinski definition) is 8. The van der Waals surface area contributed by atoms with Gasteiger partial charge in [0.25, 0.3) is 10.0 Å². The molecule has 0 saturated carbocycles. The van der Waals surface area contributed by atoms with Gasteiger partial charge in [-0.3, -0.25) is 4.72 Å². The normalized spacial score (nSPS) is 14.6. The zero-order valence-electron chi connectivity index (χ0n) is 15.8. The van der Waals surface area contributed by atoms with Gasteiger partial charge in [0.05, 0.1) is 31.4 Å². The van der Waals surface area contributed by atoms with Crippen LogP contribution in [-0.4, -0.2) is 65.9 Å². The summed E-state index contributed by atoms with van der Waals surface area (Å²) in [6.45, 7) is 2.47. The second-order valence-corrected chi connectivity index (χ2v) is 7.99. The third-order valence-electron chi connectivity index (χ3n) is 4.15. The molecule has 2 aromatic rings. The summed E-state index contributed by atoms with van der Waals surface area (Å²) in [5.41, 5.74) is 0.193. The van der Waals surface area contributed by atoms with Crippen LogP contribution in [-0.2, 0) is 14.8 Å². The van der Waals surface area contributed by atoms with E-state index in [0.29, 0.717) is 38.1 Å². The number of nitrogens with one attached hydrogen (secondary N) is 1. The maximum Gasteiger partial charge on any atom is 0.262 e. The first-order chi connectivity index (χ1) is 13.3. The maximum atomic E-state index is 13.9. The van der Waals surface area contributed by atoms with Gasteiger partial charge in [0.15, 0.2) is 17.4 Å². The molecule has 1 N–H and O–H groups in total. The van der Waals surface area contributed by atoms with Crippen LogP contribution in [0.15, 0.2) is 29.3 Å². The number of benzene rings is 1. The first kappa shape index (κ1) is 20.1. The van der Waals surface area contributed by atoms with Crippen molar-refractivity contribution in [3.05, 3.63) is 30.2 Å².